The van der Waals surface area contributed by atoms with Crippen molar-refractivity contribution in [3.63, 3.8) is 0 Å². The van der Waals surface area contributed by atoms with E-state index in [9.17, 15) is 31.2 Å². The Kier molecular flexibility index (Phi) is 12.4. The number of alkyl halides is 3. The van der Waals surface area contributed by atoms with Crippen LogP contribution in [0.25, 0.3) is 0 Å². The Hall–Kier alpha value is -3.97. The molecule has 2 aliphatic rings. The first-order valence-electron chi connectivity index (χ1n) is 15.8. The summed E-state index contributed by atoms with van der Waals surface area (Å²) in [5, 5.41) is 14.5. The topological polar surface area (TPSA) is 160 Å². The number of sulfonamides is 1. The lowest BCUT2D eigenvalue weighted by atomic mass is 9.91. The van der Waals surface area contributed by atoms with Crippen LogP contribution in [0.3, 0.4) is 0 Å². The van der Waals surface area contributed by atoms with Gasteiger partial charge in [-0.15, -0.1) is 0 Å². The number of rotatable bonds is 14. The van der Waals surface area contributed by atoms with Gasteiger partial charge in [0.05, 0.1) is 17.9 Å². The number of anilines is 2. The molecular formula is C31H41F3N8O4S. The minimum atomic E-state index is -4.76. The Morgan fingerprint density at radius 3 is 2.36 bits per heavy atom. The zero-order chi connectivity index (χ0) is 34.0. The maximum absolute atomic E-state index is 13.9. The average Bonchev–Trinajstić information content (AvgIpc) is 3.53. The van der Waals surface area contributed by atoms with Crippen LogP contribution in [0.2, 0.25) is 0 Å². The third-order valence-electron chi connectivity index (χ3n) is 8.36. The molecule has 16 heteroatoms. The van der Waals surface area contributed by atoms with Gasteiger partial charge in [0.1, 0.15) is 17.7 Å². The number of hydrogen-bond acceptors (Lipinski definition) is 9. The Morgan fingerprint density at radius 1 is 1.00 bits per heavy atom. The lowest BCUT2D eigenvalue weighted by Crippen LogP contribution is -2.44. The van der Waals surface area contributed by atoms with Gasteiger partial charge in [0.2, 0.25) is 27.7 Å². The first kappa shape index (κ1) is 35.9. The fourth-order valence-corrected chi connectivity index (χ4v) is 6.37. The molecule has 0 unspecified atom stereocenters. The molecule has 2 aromatic rings. The van der Waals surface area contributed by atoms with E-state index in [1.54, 1.807) is 23.1 Å². The number of nitrogens with one attached hydrogen (secondary N) is 3. The van der Waals surface area contributed by atoms with Crippen molar-refractivity contribution in [2.75, 3.05) is 55.3 Å². The van der Waals surface area contributed by atoms with Crippen LogP contribution in [0.5, 0.6) is 0 Å². The number of halogens is 3. The third kappa shape index (κ3) is 11.1. The maximum atomic E-state index is 13.9. The molecule has 0 saturated carbocycles. The van der Waals surface area contributed by atoms with E-state index in [1.807, 2.05) is 17.0 Å². The predicted octanol–water partition coefficient (Wildman–Crippen LogP) is 2.75. The van der Waals surface area contributed by atoms with Crippen LogP contribution in [-0.4, -0.2) is 81.8 Å². The number of benzene rings is 1. The molecule has 1 aromatic carbocycles. The molecule has 4 rings (SSSR count). The summed E-state index contributed by atoms with van der Waals surface area (Å²) in [4.78, 5) is 36.4. The number of nitrogens with zero attached hydrogens (tertiary/aromatic N) is 5. The Morgan fingerprint density at radius 2 is 1.70 bits per heavy atom. The van der Waals surface area contributed by atoms with Gasteiger partial charge in [-0.2, -0.15) is 18.4 Å². The quantitative estimate of drug-likeness (QED) is 0.255. The molecular weight excluding hydrogens is 637 g/mol. The first-order chi connectivity index (χ1) is 22.3. The highest BCUT2D eigenvalue weighted by Gasteiger charge is 2.39. The van der Waals surface area contributed by atoms with Gasteiger partial charge >= 0.3 is 6.18 Å². The normalized spacial score (nSPS) is 17.4. The van der Waals surface area contributed by atoms with Crippen LogP contribution in [0.1, 0.15) is 61.9 Å². The van der Waals surface area contributed by atoms with Gasteiger partial charge in [-0.3, -0.25) is 9.59 Å². The van der Waals surface area contributed by atoms with E-state index < -0.39 is 28.1 Å². The Labute approximate surface area is 273 Å². The third-order valence-corrected chi connectivity index (χ3v) is 9.09. The van der Waals surface area contributed by atoms with E-state index in [1.165, 1.54) is 0 Å². The molecule has 0 radical (unpaired) electrons. The number of aromatic nitrogens is 2. The van der Waals surface area contributed by atoms with Crippen molar-refractivity contribution in [3.8, 4) is 6.07 Å². The molecule has 3 heterocycles. The Balaban J connectivity index is 1.31. The van der Waals surface area contributed by atoms with E-state index in [2.05, 4.69) is 31.4 Å². The smallest absolute Gasteiger partial charge is 0.356 e. The summed E-state index contributed by atoms with van der Waals surface area (Å²) in [6.45, 7) is 2.07. The van der Waals surface area contributed by atoms with E-state index in [0.717, 1.165) is 31.1 Å². The first-order valence-corrected chi connectivity index (χ1v) is 17.7. The summed E-state index contributed by atoms with van der Waals surface area (Å²) in [5.74, 6) is -1.11. The van der Waals surface area contributed by atoms with Gasteiger partial charge in [-0.25, -0.2) is 23.1 Å². The highest BCUT2D eigenvalue weighted by atomic mass is 32.2. The molecule has 256 valence electrons. The molecule has 0 spiro atoms. The highest BCUT2D eigenvalue weighted by molar-refractivity contribution is 7.88. The second-order valence-electron chi connectivity index (χ2n) is 11.9. The zero-order valence-electron chi connectivity index (χ0n) is 26.4. The summed E-state index contributed by atoms with van der Waals surface area (Å²) in [7, 11) is -3.31. The van der Waals surface area contributed by atoms with Gasteiger partial charge in [0, 0.05) is 51.8 Å². The van der Waals surface area contributed by atoms with Crippen LogP contribution in [0.4, 0.5) is 24.8 Å². The second kappa shape index (κ2) is 16.2. The molecule has 0 aliphatic carbocycles. The predicted molar refractivity (Wildman–Crippen MR) is 170 cm³/mol. The van der Waals surface area contributed by atoms with E-state index in [4.69, 9.17) is 5.26 Å². The van der Waals surface area contributed by atoms with Crippen molar-refractivity contribution in [3.05, 3.63) is 47.3 Å². The van der Waals surface area contributed by atoms with Crippen molar-refractivity contribution in [2.24, 2.45) is 5.92 Å². The number of hydrogen-bond donors (Lipinski definition) is 3. The van der Waals surface area contributed by atoms with Gasteiger partial charge < -0.3 is 20.4 Å². The lowest BCUT2D eigenvalue weighted by molar-refractivity contribution is -0.144. The molecule has 3 N–H and O–H groups in total. The summed E-state index contributed by atoms with van der Waals surface area (Å²) in [5.41, 5.74) is 1.50. The molecule has 12 nitrogen and oxygen atoms in total. The van der Waals surface area contributed by atoms with E-state index in [0.29, 0.717) is 69.8 Å². The maximum Gasteiger partial charge on any atom is 0.451 e. The van der Waals surface area contributed by atoms with Gasteiger partial charge in [0.15, 0.2) is 0 Å². The molecule has 2 amide bonds. The minimum Gasteiger partial charge on any atom is -0.356 e. The second-order valence-corrected chi connectivity index (χ2v) is 13.8. The number of nitriles is 1. The molecule has 0 bridgehead atoms. The van der Waals surface area contributed by atoms with Gasteiger partial charge in [-0.05, 0) is 68.6 Å². The largest absolute Gasteiger partial charge is 0.451 e. The van der Waals surface area contributed by atoms with Gasteiger partial charge in [0.25, 0.3) is 0 Å². The SMILES string of the molecule is CS(=O)(=O)NCCNC(=O)CCCC1CCN(c2cc(N3CCC[C@H]3C(=O)NCCc3ccc(C#N)cc3)nc(C(F)(F)F)n2)CC1. The van der Waals surface area contributed by atoms with Crippen molar-refractivity contribution in [1.29, 1.82) is 5.26 Å². The standard InChI is InChI=1S/C31H41F3N8O4S/c1-47(45,46)38-16-15-36-28(43)6-2-4-22-12-18-41(19-13-22)26-20-27(40-30(39-26)31(32,33)34)42-17-3-5-25(42)29(44)37-14-11-23-7-9-24(21-35)10-8-23/h7-10,20,22,25,38H,2-6,11-19H2,1H3,(H,36,43)(H,37,44)/t25-/m0/s1. The van der Waals surface area contributed by atoms with Crippen molar-refractivity contribution >= 4 is 33.5 Å². The molecule has 1 aromatic heterocycles. The minimum absolute atomic E-state index is 0.0759. The molecule has 1 atom stereocenters. The summed E-state index contributed by atoms with van der Waals surface area (Å²) >= 11 is 0. The molecule has 2 aliphatic heterocycles. The average molecular weight is 679 g/mol. The van der Waals surface area contributed by atoms with Crippen molar-refractivity contribution in [1.82, 2.24) is 25.3 Å². The number of carbonyl (C=O) groups excluding carboxylic acids is 2. The zero-order valence-corrected chi connectivity index (χ0v) is 27.2. The van der Waals surface area contributed by atoms with E-state index in [-0.39, 0.29) is 36.5 Å². The lowest BCUT2D eigenvalue weighted by Gasteiger charge is -2.34. The fraction of sp³-hybridized carbons (Fsp3) is 0.581. The molecule has 2 fully saturated rings. The summed E-state index contributed by atoms with van der Waals surface area (Å²) in [6.07, 6.45) is 1.18. The monoisotopic (exact) mass is 678 g/mol. The fourth-order valence-electron chi connectivity index (χ4n) is 5.89. The van der Waals surface area contributed by atoms with Crippen LogP contribution in [0.15, 0.2) is 30.3 Å². The van der Waals surface area contributed by atoms with Crippen molar-refractivity contribution < 1.29 is 31.2 Å². The number of carbonyl (C=O) groups is 2. The van der Waals surface area contributed by atoms with Crippen LogP contribution in [0, 0.1) is 17.2 Å². The number of piperidine rings is 1. The molecule has 47 heavy (non-hydrogen) atoms. The van der Waals surface area contributed by atoms with Crippen LogP contribution in [-0.2, 0) is 32.2 Å². The number of amides is 2. The molecule has 2 saturated heterocycles. The van der Waals surface area contributed by atoms with Crippen LogP contribution >= 0.6 is 0 Å². The summed E-state index contributed by atoms with van der Waals surface area (Å²) in [6, 6.07) is 10.0. The van der Waals surface area contributed by atoms with E-state index >= 15 is 0 Å². The highest BCUT2D eigenvalue weighted by Crippen LogP contribution is 2.34. The summed E-state index contributed by atoms with van der Waals surface area (Å²) < 4.78 is 66.3. The Bertz CT molecular complexity index is 1520. The van der Waals surface area contributed by atoms with Crippen LogP contribution < -0.4 is 25.2 Å². The van der Waals surface area contributed by atoms with Gasteiger partial charge in [-0.1, -0.05) is 12.1 Å². The van der Waals surface area contributed by atoms with Crippen molar-refractivity contribution in [2.45, 2.75) is 63.6 Å².